The highest BCUT2D eigenvalue weighted by atomic mass is 35.5. The molecule has 0 aromatic heterocycles. The maximum Gasteiger partial charge on any atom is 0.132 e. The van der Waals surface area contributed by atoms with Gasteiger partial charge in [-0.1, -0.05) is 48.0 Å². The Bertz CT molecular complexity index is 836. The van der Waals surface area contributed by atoms with E-state index in [0.29, 0.717) is 29.5 Å². The SMILES string of the molecule is NCc1cc(-c2ccc(Cl)cc2F)ccc1OCc1ccccc1. The molecule has 3 aromatic carbocycles. The molecular weight excluding hydrogens is 325 g/mol. The van der Waals surface area contributed by atoms with Gasteiger partial charge in [0, 0.05) is 22.7 Å². The molecule has 0 aliphatic rings. The van der Waals surface area contributed by atoms with E-state index in [4.69, 9.17) is 22.1 Å². The molecule has 0 bridgehead atoms. The average molecular weight is 342 g/mol. The summed E-state index contributed by atoms with van der Waals surface area (Å²) in [5.74, 6) is 0.350. The van der Waals surface area contributed by atoms with E-state index in [0.717, 1.165) is 16.7 Å². The fraction of sp³-hybridized carbons (Fsp3) is 0.100. The monoisotopic (exact) mass is 341 g/mol. The molecule has 0 radical (unpaired) electrons. The number of hydrogen-bond donors (Lipinski definition) is 1. The summed E-state index contributed by atoms with van der Waals surface area (Å²) in [6.07, 6.45) is 0. The van der Waals surface area contributed by atoms with Crippen molar-refractivity contribution in [3.63, 3.8) is 0 Å². The van der Waals surface area contributed by atoms with E-state index in [1.54, 1.807) is 12.1 Å². The predicted octanol–water partition coefficient (Wildman–Crippen LogP) is 5.18. The first-order valence-corrected chi connectivity index (χ1v) is 8.00. The van der Waals surface area contributed by atoms with Crippen molar-refractivity contribution in [3.8, 4) is 16.9 Å². The molecule has 3 aromatic rings. The third-order valence-electron chi connectivity index (χ3n) is 3.76. The highest BCUT2D eigenvalue weighted by molar-refractivity contribution is 6.30. The minimum atomic E-state index is -0.358. The predicted molar refractivity (Wildman–Crippen MR) is 95.5 cm³/mol. The van der Waals surface area contributed by atoms with E-state index in [1.165, 1.54) is 6.07 Å². The second-order valence-corrected chi connectivity index (χ2v) is 5.86. The second kappa shape index (κ2) is 7.47. The van der Waals surface area contributed by atoms with Crippen LogP contribution in [0.3, 0.4) is 0 Å². The molecule has 0 aliphatic heterocycles. The van der Waals surface area contributed by atoms with Gasteiger partial charge in [-0.05, 0) is 41.5 Å². The topological polar surface area (TPSA) is 35.2 Å². The molecule has 4 heteroatoms. The van der Waals surface area contributed by atoms with Gasteiger partial charge in [-0.15, -0.1) is 0 Å². The van der Waals surface area contributed by atoms with E-state index in [1.807, 2.05) is 48.5 Å². The van der Waals surface area contributed by atoms with Crippen molar-refractivity contribution < 1.29 is 9.13 Å². The molecule has 0 atom stereocenters. The summed E-state index contributed by atoms with van der Waals surface area (Å²) in [7, 11) is 0. The number of rotatable bonds is 5. The molecule has 122 valence electrons. The van der Waals surface area contributed by atoms with Gasteiger partial charge in [0.05, 0.1) is 0 Å². The number of halogens is 2. The fourth-order valence-electron chi connectivity index (χ4n) is 2.51. The quantitative estimate of drug-likeness (QED) is 0.693. The van der Waals surface area contributed by atoms with Crippen molar-refractivity contribution in [1.29, 1.82) is 0 Å². The second-order valence-electron chi connectivity index (χ2n) is 5.43. The van der Waals surface area contributed by atoms with Crippen LogP contribution in [-0.2, 0) is 13.2 Å². The summed E-state index contributed by atoms with van der Waals surface area (Å²) in [6.45, 7) is 0.773. The standard InChI is InChI=1S/C20H17ClFNO/c21-17-7-8-18(19(22)11-17)15-6-9-20(16(10-15)12-23)24-13-14-4-2-1-3-5-14/h1-11H,12-13,23H2. The van der Waals surface area contributed by atoms with Crippen molar-refractivity contribution in [1.82, 2.24) is 0 Å². The number of benzene rings is 3. The Morgan fingerprint density at radius 3 is 2.46 bits per heavy atom. The minimum Gasteiger partial charge on any atom is -0.489 e. The molecular formula is C20H17ClFNO. The van der Waals surface area contributed by atoms with E-state index < -0.39 is 0 Å². The van der Waals surface area contributed by atoms with Crippen molar-refractivity contribution in [3.05, 3.63) is 88.7 Å². The number of ether oxygens (including phenoxy) is 1. The van der Waals surface area contributed by atoms with Crippen LogP contribution in [0.2, 0.25) is 5.02 Å². The first kappa shape index (κ1) is 16.5. The van der Waals surface area contributed by atoms with Gasteiger partial charge >= 0.3 is 0 Å². The molecule has 2 N–H and O–H groups in total. The number of hydrogen-bond acceptors (Lipinski definition) is 2. The molecule has 3 rings (SSSR count). The lowest BCUT2D eigenvalue weighted by atomic mass is 10.0. The summed E-state index contributed by atoms with van der Waals surface area (Å²) >= 11 is 5.81. The molecule has 0 heterocycles. The largest absolute Gasteiger partial charge is 0.489 e. The lowest BCUT2D eigenvalue weighted by molar-refractivity contribution is 0.303. The lowest BCUT2D eigenvalue weighted by Gasteiger charge is -2.13. The maximum atomic E-state index is 14.1. The molecule has 2 nitrogen and oxygen atoms in total. The van der Waals surface area contributed by atoms with Crippen LogP contribution in [0.25, 0.3) is 11.1 Å². The molecule has 0 aliphatic carbocycles. The van der Waals surface area contributed by atoms with Crippen LogP contribution in [0.15, 0.2) is 66.7 Å². The Hall–Kier alpha value is -2.36. The first-order valence-electron chi connectivity index (χ1n) is 7.62. The molecule has 0 fully saturated rings. The molecule has 24 heavy (non-hydrogen) atoms. The smallest absolute Gasteiger partial charge is 0.132 e. The molecule has 0 spiro atoms. The third-order valence-corrected chi connectivity index (χ3v) is 3.99. The normalized spacial score (nSPS) is 10.6. The zero-order valence-electron chi connectivity index (χ0n) is 13.0. The summed E-state index contributed by atoms with van der Waals surface area (Å²) in [6, 6.07) is 20.0. The minimum absolute atomic E-state index is 0.313. The zero-order valence-corrected chi connectivity index (χ0v) is 13.8. The first-order chi connectivity index (χ1) is 11.7. The van der Waals surface area contributed by atoms with Gasteiger partial charge < -0.3 is 10.5 Å². The Morgan fingerprint density at radius 2 is 1.75 bits per heavy atom. The third kappa shape index (κ3) is 3.75. The van der Waals surface area contributed by atoms with Gasteiger partial charge in [-0.3, -0.25) is 0 Å². The Balaban J connectivity index is 1.85. The zero-order chi connectivity index (χ0) is 16.9. The van der Waals surface area contributed by atoms with Gasteiger partial charge in [0.2, 0.25) is 0 Å². The van der Waals surface area contributed by atoms with Crippen LogP contribution < -0.4 is 10.5 Å². The van der Waals surface area contributed by atoms with Crippen LogP contribution in [0.5, 0.6) is 5.75 Å². The molecule has 0 amide bonds. The van der Waals surface area contributed by atoms with Gasteiger partial charge in [-0.2, -0.15) is 0 Å². The van der Waals surface area contributed by atoms with Crippen LogP contribution >= 0.6 is 11.6 Å². The maximum absolute atomic E-state index is 14.1. The van der Waals surface area contributed by atoms with E-state index >= 15 is 0 Å². The summed E-state index contributed by atoms with van der Waals surface area (Å²) in [5.41, 5.74) is 8.98. The summed E-state index contributed by atoms with van der Waals surface area (Å²) < 4.78 is 20.0. The summed E-state index contributed by atoms with van der Waals surface area (Å²) in [5, 5.41) is 0.373. The molecule has 0 saturated carbocycles. The van der Waals surface area contributed by atoms with E-state index in [-0.39, 0.29) is 5.82 Å². The summed E-state index contributed by atoms with van der Waals surface area (Å²) in [4.78, 5) is 0. The Morgan fingerprint density at radius 1 is 0.958 bits per heavy atom. The van der Waals surface area contributed by atoms with Gasteiger partial charge in [-0.25, -0.2) is 4.39 Å². The highest BCUT2D eigenvalue weighted by Gasteiger charge is 2.10. The van der Waals surface area contributed by atoms with Gasteiger partial charge in [0.25, 0.3) is 0 Å². The van der Waals surface area contributed by atoms with Gasteiger partial charge in [0.1, 0.15) is 18.2 Å². The van der Waals surface area contributed by atoms with Gasteiger partial charge in [0.15, 0.2) is 0 Å². The van der Waals surface area contributed by atoms with Crippen LogP contribution in [0, 0.1) is 5.82 Å². The van der Waals surface area contributed by atoms with Crippen LogP contribution in [-0.4, -0.2) is 0 Å². The van der Waals surface area contributed by atoms with Crippen molar-refractivity contribution in [2.75, 3.05) is 0 Å². The Labute approximate surface area is 145 Å². The van der Waals surface area contributed by atoms with E-state index in [2.05, 4.69) is 0 Å². The fourth-order valence-corrected chi connectivity index (χ4v) is 2.67. The molecule has 0 saturated heterocycles. The highest BCUT2D eigenvalue weighted by Crippen LogP contribution is 2.30. The molecule has 0 unspecified atom stereocenters. The van der Waals surface area contributed by atoms with Crippen molar-refractivity contribution in [2.45, 2.75) is 13.2 Å². The number of nitrogens with two attached hydrogens (primary N) is 1. The average Bonchev–Trinajstić information content (AvgIpc) is 2.61. The lowest BCUT2D eigenvalue weighted by Crippen LogP contribution is -2.03. The van der Waals surface area contributed by atoms with Crippen molar-refractivity contribution in [2.24, 2.45) is 5.73 Å². The van der Waals surface area contributed by atoms with E-state index in [9.17, 15) is 4.39 Å². The van der Waals surface area contributed by atoms with Crippen molar-refractivity contribution >= 4 is 11.6 Å². The van der Waals surface area contributed by atoms with Crippen LogP contribution in [0.4, 0.5) is 4.39 Å². The van der Waals surface area contributed by atoms with Crippen LogP contribution in [0.1, 0.15) is 11.1 Å². The Kier molecular flexibility index (Phi) is 5.14.